The summed E-state index contributed by atoms with van der Waals surface area (Å²) in [6, 6.07) is 10.2. The van der Waals surface area contributed by atoms with Gasteiger partial charge in [0.05, 0.1) is 11.4 Å². The number of hydrogen-bond donors (Lipinski definition) is 0. The number of alkyl halides is 3. The van der Waals surface area contributed by atoms with Crippen LogP contribution in [-0.4, -0.2) is 26.9 Å². The molecule has 0 aliphatic rings. The van der Waals surface area contributed by atoms with Crippen molar-refractivity contribution in [1.29, 1.82) is 0 Å². The van der Waals surface area contributed by atoms with Crippen LogP contribution >= 0.6 is 15.9 Å². The fourth-order valence-electron chi connectivity index (χ4n) is 2.43. The molecule has 142 valence electrons. The number of halogens is 5. The zero-order chi connectivity index (χ0) is 19.5. The van der Waals surface area contributed by atoms with Gasteiger partial charge in [-0.2, -0.15) is 13.2 Å². The first-order valence-electron chi connectivity index (χ1n) is 7.62. The van der Waals surface area contributed by atoms with E-state index in [4.69, 9.17) is 0 Å². The fraction of sp³-hybridized carbons (Fsp3) is 0.294. The standard InChI is InChI=1S/C17H16BrF4NO2S/c1-2-26(24,25)23(11-17(20,21)22)16-6-4-3-5-13(16)9-12-7-8-14(18)10-15(12)19/h3-8,10H,2,9,11H2,1H3. The predicted octanol–water partition coefficient (Wildman–Crippen LogP) is 4.90. The monoisotopic (exact) mass is 453 g/mol. The molecule has 9 heteroatoms. The van der Waals surface area contributed by atoms with E-state index >= 15 is 0 Å². The molecule has 0 aliphatic carbocycles. The van der Waals surface area contributed by atoms with Gasteiger partial charge in [0.25, 0.3) is 0 Å². The van der Waals surface area contributed by atoms with Gasteiger partial charge >= 0.3 is 6.18 Å². The van der Waals surface area contributed by atoms with Crippen molar-refractivity contribution in [3.05, 3.63) is 63.9 Å². The average Bonchev–Trinajstić information content (AvgIpc) is 2.55. The summed E-state index contributed by atoms with van der Waals surface area (Å²) in [6.07, 6.45) is -4.75. The highest BCUT2D eigenvalue weighted by molar-refractivity contribution is 9.10. The molecule has 0 aliphatic heterocycles. The van der Waals surface area contributed by atoms with Gasteiger partial charge in [0.2, 0.25) is 10.0 Å². The maximum absolute atomic E-state index is 14.1. The van der Waals surface area contributed by atoms with Gasteiger partial charge in [-0.05, 0) is 36.2 Å². The molecular weight excluding hydrogens is 438 g/mol. The van der Waals surface area contributed by atoms with E-state index < -0.39 is 34.3 Å². The minimum atomic E-state index is -4.71. The molecule has 0 spiro atoms. The van der Waals surface area contributed by atoms with Crippen LogP contribution in [0.1, 0.15) is 18.1 Å². The number of para-hydroxylation sites is 1. The molecule has 2 aromatic rings. The lowest BCUT2D eigenvalue weighted by Crippen LogP contribution is -2.40. The average molecular weight is 454 g/mol. The summed E-state index contributed by atoms with van der Waals surface area (Å²) in [5.41, 5.74) is 0.436. The van der Waals surface area contributed by atoms with Crippen molar-refractivity contribution in [3.8, 4) is 0 Å². The second kappa shape index (κ2) is 7.96. The molecule has 0 saturated carbocycles. The van der Waals surface area contributed by atoms with Crippen LogP contribution in [0, 0.1) is 5.82 Å². The Kier molecular flexibility index (Phi) is 6.33. The van der Waals surface area contributed by atoms with Crippen LogP contribution in [0.15, 0.2) is 46.9 Å². The summed E-state index contributed by atoms with van der Waals surface area (Å²) in [5.74, 6) is -1.01. The Morgan fingerprint density at radius 1 is 1.08 bits per heavy atom. The summed E-state index contributed by atoms with van der Waals surface area (Å²) < 4.78 is 78.3. The van der Waals surface area contributed by atoms with E-state index in [2.05, 4.69) is 15.9 Å². The zero-order valence-electron chi connectivity index (χ0n) is 13.7. The molecule has 0 unspecified atom stereocenters. The zero-order valence-corrected chi connectivity index (χ0v) is 16.1. The Bertz CT molecular complexity index is 885. The lowest BCUT2D eigenvalue weighted by atomic mass is 10.0. The Labute approximate surface area is 157 Å². The Morgan fingerprint density at radius 3 is 2.31 bits per heavy atom. The molecule has 0 saturated heterocycles. The molecule has 0 N–H and O–H groups in total. The van der Waals surface area contributed by atoms with Gasteiger partial charge in [0, 0.05) is 10.9 Å². The molecule has 3 nitrogen and oxygen atoms in total. The molecule has 0 radical (unpaired) electrons. The van der Waals surface area contributed by atoms with E-state index in [0.717, 1.165) is 0 Å². The van der Waals surface area contributed by atoms with Crippen molar-refractivity contribution in [1.82, 2.24) is 0 Å². The molecule has 26 heavy (non-hydrogen) atoms. The Hall–Kier alpha value is -1.61. The largest absolute Gasteiger partial charge is 0.407 e. The number of nitrogens with zero attached hydrogens (tertiary/aromatic N) is 1. The third kappa shape index (κ3) is 5.20. The summed E-state index contributed by atoms with van der Waals surface area (Å²) in [7, 11) is -4.17. The van der Waals surface area contributed by atoms with E-state index in [1.54, 1.807) is 12.1 Å². The van der Waals surface area contributed by atoms with Gasteiger partial charge in [-0.1, -0.05) is 40.2 Å². The topological polar surface area (TPSA) is 37.4 Å². The number of hydrogen-bond acceptors (Lipinski definition) is 2. The molecule has 2 rings (SSSR count). The van der Waals surface area contributed by atoms with Crippen LogP contribution in [-0.2, 0) is 16.4 Å². The molecule has 2 aromatic carbocycles. The van der Waals surface area contributed by atoms with E-state index in [9.17, 15) is 26.0 Å². The van der Waals surface area contributed by atoms with Crippen molar-refractivity contribution in [3.63, 3.8) is 0 Å². The highest BCUT2D eigenvalue weighted by Crippen LogP contribution is 2.30. The molecule has 0 heterocycles. The second-order valence-electron chi connectivity index (χ2n) is 5.56. The second-order valence-corrected chi connectivity index (χ2v) is 8.66. The lowest BCUT2D eigenvalue weighted by molar-refractivity contribution is -0.117. The van der Waals surface area contributed by atoms with Crippen molar-refractivity contribution >= 4 is 31.6 Å². The smallest absolute Gasteiger partial charge is 0.261 e. The first kappa shape index (κ1) is 20.7. The van der Waals surface area contributed by atoms with E-state index in [1.165, 1.54) is 37.3 Å². The van der Waals surface area contributed by atoms with Crippen molar-refractivity contribution in [2.24, 2.45) is 0 Å². The predicted molar refractivity (Wildman–Crippen MR) is 96.2 cm³/mol. The molecule has 0 aromatic heterocycles. The van der Waals surface area contributed by atoms with Gasteiger partial charge in [-0.15, -0.1) is 0 Å². The van der Waals surface area contributed by atoms with Crippen LogP contribution in [0.3, 0.4) is 0 Å². The first-order chi connectivity index (χ1) is 12.0. The van der Waals surface area contributed by atoms with Crippen LogP contribution in [0.4, 0.5) is 23.2 Å². The first-order valence-corrected chi connectivity index (χ1v) is 10.0. The summed E-state index contributed by atoms with van der Waals surface area (Å²) in [5, 5.41) is 0. The summed E-state index contributed by atoms with van der Waals surface area (Å²) >= 11 is 3.14. The van der Waals surface area contributed by atoms with Crippen LogP contribution < -0.4 is 4.31 Å². The Morgan fingerprint density at radius 2 is 1.73 bits per heavy atom. The molecule has 0 fully saturated rings. The SMILES string of the molecule is CCS(=O)(=O)N(CC(F)(F)F)c1ccccc1Cc1ccc(Br)cc1F. The van der Waals surface area contributed by atoms with Gasteiger partial charge in [0.15, 0.2) is 0 Å². The highest BCUT2D eigenvalue weighted by Gasteiger charge is 2.36. The van der Waals surface area contributed by atoms with Crippen molar-refractivity contribution < 1.29 is 26.0 Å². The van der Waals surface area contributed by atoms with Crippen molar-refractivity contribution in [2.45, 2.75) is 19.5 Å². The molecule has 0 amide bonds. The van der Waals surface area contributed by atoms with Gasteiger partial charge < -0.3 is 0 Å². The Balaban J connectivity index is 2.51. The molecular formula is C17H16BrF4NO2S. The van der Waals surface area contributed by atoms with Gasteiger partial charge in [-0.3, -0.25) is 4.31 Å². The molecule has 0 bridgehead atoms. The van der Waals surface area contributed by atoms with E-state index in [0.29, 0.717) is 8.78 Å². The van der Waals surface area contributed by atoms with Crippen LogP contribution in [0.2, 0.25) is 0 Å². The fourth-order valence-corrected chi connectivity index (χ4v) is 3.89. The van der Waals surface area contributed by atoms with Crippen LogP contribution in [0.5, 0.6) is 0 Å². The minimum Gasteiger partial charge on any atom is -0.261 e. The summed E-state index contributed by atoms with van der Waals surface area (Å²) in [6.45, 7) is -0.362. The highest BCUT2D eigenvalue weighted by atomic mass is 79.9. The van der Waals surface area contributed by atoms with Crippen LogP contribution in [0.25, 0.3) is 0 Å². The molecule has 0 atom stereocenters. The quantitative estimate of drug-likeness (QED) is 0.583. The van der Waals surface area contributed by atoms with Crippen molar-refractivity contribution in [2.75, 3.05) is 16.6 Å². The number of sulfonamides is 1. The third-order valence-electron chi connectivity index (χ3n) is 3.68. The van der Waals surface area contributed by atoms with Gasteiger partial charge in [-0.25, -0.2) is 12.8 Å². The maximum atomic E-state index is 14.1. The maximum Gasteiger partial charge on any atom is 0.407 e. The number of anilines is 1. The lowest BCUT2D eigenvalue weighted by Gasteiger charge is -2.27. The van der Waals surface area contributed by atoms with E-state index in [-0.39, 0.29) is 23.2 Å². The minimum absolute atomic E-state index is 0.0388. The number of benzene rings is 2. The van der Waals surface area contributed by atoms with Gasteiger partial charge in [0.1, 0.15) is 12.4 Å². The van der Waals surface area contributed by atoms with E-state index in [1.807, 2.05) is 0 Å². The number of rotatable bonds is 6. The third-order valence-corrected chi connectivity index (χ3v) is 5.90. The summed E-state index contributed by atoms with van der Waals surface area (Å²) in [4.78, 5) is 0. The normalized spacial score (nSPS) is 12.2.